The molecule has 0 radical (unpaired) electrons. The number of hydrogen-bond acceptors (Lipinski definition) is 5. The highest BCUT2D eigenvalue weighted by atomic mass is 19.1. The maximum absolute atomic E-state index is 13.8. The van der Waals surface area contributed by atoms with E-state index in [9.17, 15) is 18.8 Å². The van der Waals surface area contributed by atoms with Crippen molar-refractivity contribution in [1.29, 1.82) is 0 Å². The molecule has 0 aliphatic carbocycles. The summed E-state index contributed by atoms with van der Waals surface area (Å²) in [7, 11) is 1.35. The van der Waals surface area contributed by atoms with Crippen molar-refractivity contribution in [3.05, 3.63) is 75.2 Å². The SMILES string of the molecule is [2H]C([2H])([2H])N(C(=O)c1ncn2c3c(C(C)Nc4ccc(F)cc4C(N)=O)cc(C)cc3c(=O)n(C)c12)C([2H])([2H])[2H]. The fraction of sp³-hybridized carbons (Fsp3) is 0.250. The Balaban J connectivity index is 1.98. The number of hydrogen-bond donors (Lipinski definition) is 2. The van der Waals surface area contributed by atoms with E-state index in [1.807, 2.05) is 0 Å². The smallest absolute Gasteiger partial charge is 0.275 e. The highest BCUT2D eigenvalue weighted by Gasteiger charge is 2.23. The highest BCUT2D eigenvalue weighted by Crippen LogP contribution is 2.30. The van der Waals surface area contributed by atoms with Crippen LogP contribution < -0.4 is 16.6 Å². The number of nitrogens with one attached hydrogen (secondary N) is 1. The molecule has 34 heavy (non-hydrogen) atoms. The number of aryl methyl sites for hydroxylation is 2. The van der Waals surface area contributed by atoms with Crippen molar-refractivity contribution in [1.82, 2.24) is 18.9 Å². The lowest BCUT2D eigenvalue weighted by Gasteiger charge is -2.21. The van der Waals surface area contributed by atoms with Crippen LogP contribution in [0, 0.1) is 12.7 Å². The van der Waals surface area contributed by atoms with Crippen LogP contribution >= 0.6 is 0 Å². The lowest BCUT2D eigenvalue weighted by atomic mass is 10.00. The van der Waals surface area contributed by atoms with E-state index in [-0.39, 0.29) is 27.2 Å². The number of benzene rings is 2. The minimum Gasteiger partial charge on any atom is -0.378 e. The fourth-order valence-corrected chi connectivity index (χ4v) is 4.09. The maximum atomic E-state index is 13.8. The molecule has 0 fully saturated rings. The zero-order valence-electron chi connectivity index (χ0n) is 24.5. The van der Waals surface area contributed by atoms with Crippen LogP contribution in [0.15, 0.2) is 41.5 Å². The summed E-state index contributed by atoms with van der Waals surface area (Å²) in [6.45, 7) is -3.15. The third kappa shape index (κ3) is 3.66. The van der Waals surface area contributed by atoms with Crippen LogP contribution in [-0.2, 0) is 7.05 Å². The van der Waals surface area contributed by atoms with Gasteiger partial charge in [0.2, 0.25) is 0 Å². The molecular weight excluding hydrogens is 439 g/mol. The standard InChI is InChI=1S/C24H25FN6O3/c1-12-8-15(13(2)28-18-7-6-14(25)10-16(18)21(26)32)20-17(9-12)23(33)30(5)22-19(24(34)29(3)4)27-11-31(20)22/h6-11,13,28H,1-5H3,(H2,26,32)/i3D3,4D3. The number of nitrogens with zero attached hydrogens (tertiary/aromatic N) is 4. The Morgan fingerprint density at radius 2 is 2.00 bits per heavy atom. The second-order valence-corrected chi connectivity index (χ2v) is 7.96. The summed E-state index contributed by atoms with van der Waals surface area (Å²) >= 11 is 0. The van der Waals surface area contributed by atoms with Crippen LogP contribution in [0.1, 0.15) is 53.2 Å². The Kier molecular flexibility index (Phi) is 4.00. The summed E-state index contributed by atoms with van der Waals surface area (Å²) in [5.41, 5.74) is 5.86. The predicted octanol–water partition coefficient (Wildman–Crippen LogP) is 2.61. The average Bonchev–Trinajstić information content (AvgIpc) is 3.26. The molecule has 0 aliphatic heterocycles. The van der Waals surface area contributed by atoms with Crippen LogP contribution in [0.4, 0.5) is 10.1 Å². The van der Waals surface area contributed by atoms with Crippen molar-refractivity contribution in [2.75, 3.05) is 19.3 Å². The van der Waals surface area contributed by atoms with Crippen LogP contribution in [0.2, 0.25) is 0 Å². The molecule has 0 aliphatic rings. The molecular formula is C24H25FN6O3. The molecule has 4 aromatic rings. The molecule has 2 aromatic carbocycles. The molecule has 0 saturated carbocycles. The molecule has 2 amide bonds. The number of fused-ring (bicyclic) bond motifs is 3. The van der Waals surface area contributed by atoms with E-state index in [4.69, 9.17) is 14.0 Å². The number of amides is 2. The van der Waals surface area contributed by atoms with Crippen LogP contribution in [0.25, 0.3) is 16.6 Å². The summed E-state index contributed by atoms with van der Waals surface area (Å²) in [6, 6.07) is 6.26. The number of carbonyl (C=O) groups excluding carboxylic acids is 2. The molecule has 0 spiro atoms. The van der Waals surface area contributed by atoms with Gasteiger partial charge in [0.25, 0.3) is 17.4 Å². The molecule has 2 heterocycles. The second-order valence-electron chi connectivity index (χ2n) is 7.96. The molecule has 9 nitrogen and oxygen atoms in total. The Hall–Kier alpha value is -4.21. The van der Waals surface area contributed by atoms with Crippen molar-refractivity contribution in [2.45, 2.75) is 19.9 Å². The first-order valence-electron chi connectivity index (χ1n) is 13.1. The lowest BCUT2D eigenvalue weighted by molar-refractivity contribution is 0.0823. The fourth-order valence-electron chi connectivity index (χ4n) is 4.09. The molecule has 176 valence electrons. The summed E-state index contributed by atoms with van der Waals surface area (Å²) in [5.74, 6) is -2.92. The lowest BCUT2D eigenvalue weighted by Crippen LogP contribution is -2.26. The molecule has 0 saturated heterocycles. The number of primary amides is 1. The van der Waals surface area contributed by atoms with Gasteiger partial charge in [-0.2, -0.15) is 0 Å². The number of imidazole rings is 1. The summed E-state index contributed by atoms with van der Waals surface area (Å²) < 4.78 is 61.9. The number of nitrogens with two attached hydrogens (primary N) is 1. The topological polar surface area (TPSA) is 115 Å². The summed E-state index contributed by atoms with van der Waals surface area (Å²) in [4.78, 5) is 42.5. The van der Waals surface area contributed by atoms with Gasteiger partial charge < -0.3 is 16.0 Å². The Bertz CT molecular complexity index is 1730. The van der Waals surface area contributed by atoms with Gasteiger partial charge in [0.15, 0.2) is 11.3 Å². The van der Waals surface area contributed by atoms with E-state index in [1.54, 1.807) is 26.0 Å². The number of halogens is 1. The van der Waals surface area contributed by atoms with Gasteiger partial charge in [-0.1, -0.05) is 6.07 Å². The number of carbonyl (C=O) groups is 2. The van der Waals surface area contributed by atoms with Crippen molar-refractivity contribution in [3.8, 4) is 0 Å². The summed E-state index contributed by atoms with van der Waals surface area (Å²) in [5, 5.41) is 3.34. The van der Waals surface area contributed by atoms with Crippen molar-refractivity contribution in [3.63, 3.8) is 0 Å². The number of anilines is 1. The van der Waals surface area contributed by atoms with Crippen LogP contribution in [0.3, 0.4) is 0 Å². The van der Waals surface area contributed by atoms with E-state index < -0.39 is 48.9 Å². The van der Waals surface area contributed by atoms with Crippen molar-refractivity contribution >= 4 is 34.1 Å². The number of rotatable bonds is 5. The monoisotopic (exact) mass is 470 g/mol. The first kappa shape index (κ1) is 16.4. The normalized spacial score (nSPS) is 15.5. The van der Waals surface area contributed by atoms with Gasteiger partial charge in [0.1, 0.15) is 12.1 Å². The molecule has 10 heteroatoms. The summed E-state index contributed by atoms with van der Waals surface area (Å²) in [6.07, 6.45) is 1.19. The van der Waals surface area contributed by atoms with Gasteiger partial charge in [-0.25, -0.2) is 9.37 Å². The van der Waals surface area contributed by atoms with Gasteiger partial charge in [0.05, 0.1) is 22.5 Å². The van der Waals surface area contributed by atoms with E-state index >= 15 is 0 Å². The first-order chi connectivity index (χ1) is 18.4. The predicted molar refractivity (Wildman–Crippen MR) is 128 cm³/mol. The van der Waals surface area contributed by atoms with Gasteiger partial charge in [-0.15, -0.1) is 0 Å². The van der Waals surface area contributed by atoms with Gasteiger partial charge in [-0.05, 0) is 49.2 Å². The Morgan fingerprint density at radius 3 is 2.68 bits per heavy atom. The maximum Gasteiger partial charge on any atom is 0.275 e. The minimum atomic E-state index is -3.32. The first-order valence-corrected chi connectivity index (χ1v) is 10.1. The van der Waals surface area contributed by atoms with Crippen molar-refractivity contribution in [2.24, 2.45) is 12.8 Å². The van der Waals surface area contributed by atoms with Crippen LogP contribution in [-0.4, -0.2) is 44.6 Å². The molecule has 3 N–H and O–H groups in total. The largest absolute Gasteiger partial charge is 0.378 e. The van der Waals surface area contributed by atoms with Crippen LogP contribution in [0.5, 0.6) is 0 Å². The Morgan fingerprint density at radius 1 is 1.26 bits per heavy atom. The third-order valence-corrected chi connectivity index (χ3v) is 5.61. The molecule has 1 unspecified atom stereocenters. The molecule has 2 aromatic heterocycles. The minimum absolute atomic E-state index is 0.0881. The molecule has 1 atom stereocenters. The quantitative estimate of drug-likeness (QED) is 0.465. The Labute approximate surface area is 203 Å². The molecule has 0 bridgehead atoms. The van der Waals surface area contributed by atoms with E-state index in [0.29, 0.717) is 16.6 Å². The average molecular weight is 471 g/mol. The number of aromatic nitrogens is 3. The van der Waals surface area contributed by atoms with Gasteiger partial charge in [0, 0.05) is 34.9 Å². The van der Waals surface area contributed by atoms with E-state index in [0.717, 1.165) is 16.7 Å². The molecule has 4 rings (SSSR count). The van der Waals surface area contributed by atoms with Gasteiger partial charge >= 0.3 is 0 Å². The van der Waals surface area contributed by atoms with E-state index in [1.165, 1.54) is 23.8 Å². The third-order valence-electron chi connectivity index (χ3n) is 5.61. The van der Waals surface area contributed by atoms with E-state index in [2.05, 4.69) is 10.3 Å². The zero-order chi connectivity index (χ0) is 29.9. The highest BCUT2D eigenvalue weighted by molar-refractivity contribution is 6.00. The van der Waals surface area contributed by atoms with Gasteiger partial charge in [-0.3, -0.25) is 23.4 Å². The van der Waals surface area contributed by atoms with Crippen molar-refractivity contribution < 1.29 is 22.2 Å². The zero-order valence-corrected chi connectivity index (χ0v) is 18.5. The second kappa shape index (κ2) is 8.29.